The molecule has 0 aliphatic heterocycles. The molecular weight excluding hydrogens is 222 g/mol. The molecule has 0 amide bonds. The first-order valence-electron chi connectivity index (χ1n) is 6.10. The fraction of sp³-hybridized carbons (Fsp3) is 0.333. The minimum atomic E-state index is -0.193. The first-order chi connectivity index (χ1) is 8.48. The average Bonchev–Trinajstić information content (AvgIpc) is 2.38. The Morgan fingerprint density at radius 3 is 2.22 bits per heavy atom. The van der Waals surface area contributed by atoms with E-state index in [2.05, 4.69) is 55.0 Å². The topological polar surface area (TPSA) is 51.8 Å². The van der Waals surface area contributed by atoms with Gasteiger partial charge in [0.05, 0.1) is 11.7 Å². The Hall–Kier alpha value is -1.74. The molecule has 18 heavy (non-hydrogen) atoms. The lowest BCUT2D eigenvalue weighted by Gasteiger charge is -2.20. The van der Waals surface area contributed by atoms with Crippen LogP contribution in [-0.2, 0) is 5.41 Å². The molecule has 2 N–H and O–H groups in total. The minimum absolute atomic E-state index is 0.164. The van der Waals surface area contributed by atoms with Gasteiger partial charge < -0.3 is 5.73 Å². The van der Waals surface area contributed by atoms with E-state index >= 15 is 0 Å². The maximum atomic E-state index is 6.19. The summed E-state index contributed by atoms with van der Waals surface area (Å²) in [5.41, 5.74) is 9.57. The van der Waals surface area contributed by atoms with Gasteiger partial charge in [0.15, 0.2) is 0 Å². The number of rotatable bonds is 2. The monoisotopic (exact) mass is 241 g/mol. The molecule has 2 aromatic rings. The van der Waals surface area contributed by atoms with Crippen molar-refractivity contribution in [1.29, 1.82) is 0 Å². The zero-order chi connectivity index (χ0) is 13.2. The van der Waals surface area contributed by atoms with E-state index in [0.717, 1.165) is 11.3 Å². The summed E-state index contributed by atoms with van der Waals surface area (Å²) in [6.45, 7) is 6.60. The first-order valence-corrected chi connectivity index (χ1v) is 6.10. The molecule has 0 saturated carbocycles. The summed E-state index contributed by atoms with van der Waals surface area (Å²) in [5.74, 6) is 0. The lowest BCUT2D eigenvalue weighted by Crippen LogP contribution is -2.15. The summed E-state index contributed by atoms with van der Waals surface area (Å²) in [6, 6.07) is 10.1. The zero-order valence-electron chi connectivity index (χ0n) is 11.1. The third kappa shape index (κ3) is 2.74. The van der Waals surface area contributed by atoms with Gasteiger partial charge in [0.1, 0.15) is 6.33 Å². The maximum absolute atomic E-state index is 6.19. The van der Waals surface area contributed by atoms with E-state index in [1.807, 2.05) is 6.07 Å². The van der Waals surface area contributed by atoms with Gasteiger partial charge in [0, 0.05) is 6.20 Å². The largest absolute Gasteiger partial charge is 0.319 e. The van der Waals surface area contributed by atoms with Crippen LogP contribution in [0.4, 0.5) is 0 Å². The number of benzene rings is 1. The molecule has 3 heteroatoms. The van der Waals surface area contributed by atoms with Crippen molar-refractivity contribution in [2.24, 2.45) is 5.73 Å². The number of aromatic nitrogens is 2. The first kappa shape index (κ1) is 12.7. The normalized spacial score (nSPS) is 13.3. The molecule has 1 heterocycles. The summed E-state index contributed by atoms with van der Waals surface area (Å²) in [5, 5.41) is 0. The average molecular weight is 241 g/mol. The Labute approximate surface area is 108 Å². The van der Waals surface area contributed by atoms with Crippen molar-refractivity contribution in [2.75, 3.05) is 0 Å². The molecule has 0 fully saturated rings. The molecule has 0 bridgehead atoms. The molecule has 1 unspecified atom stereocenters. The van der Waals surface area contributed by atoms with Crippen LogP contribution in [0.3, 0.4) is 0 Å². The maximum Gasteiger partial charge on any atom is 0.115 e. The molecule has 0 aliphatic carbocycles. The van der Waals surface area contributed by atoms with Crippen molar-refractivity contribution in [1.82, 2.24) is 9.97 Å². The summed E-state index contributed by atoms with van der Waals surface area (Å²) in [7, 11) is 0. The molecular formula is C15H19N3. The highest BCUT2D eigenvalue weighted by Gasteiger charge is 2.15. The van der Waals surface area contributed by atoms with E-state index in [-0.39, 0.29) is 11.5 Å². The van der Waals surface area contributed by atoms with Crippen LogP contribution in [0, 0.1) is 0 Å². The fourth-order valence-electron chi connectivity index (χ4n) is 1.85. The van der Waals surface area contributed by atoms with E-state index in [1.54, 1.807) is 6.20 Å². The highest BCUT2D eigenvalue weighted by Crippen LogP contribution is 2.24. The zero-order valence-corrected chi connectivity index (χ0v) is 11.1. The van der Waals surface area contributed by atoms with E-state index in [1.165, 1.54) is 11.9 Å². The van der Waals surface area contributed by atoms with Gasteiger partial charge in [-0.2, -0.15) is 0 Å². The summed E-state index contributed by atoms with van der Waals surface area (Å²) in [6.07, 6.45) is 3.24. The van der Waals surface area contributed by atoms with E-state index in [4.69, 9.17) is 5.73 Å². The van der Waals surface area contributed by atoms with Crippen LogP contribution in [0.2, 0.25) is 0 Å². The number of nitrogens with zero attached hydrogens (tertiary/aromatic N) is 2. The lowest BCUT2D eigenvalue weighted by atomic mass is 9.86. The molecule has 1 aromatic carbocycles. The van der Waals surface area contributed by atoms with Crippen LogP contribution in [0.1, 0.15) is 43.6 Å². The highest BCUT2D eigenvalue weighted by atomic mass is 14.8. The number of hydrogen-bond donors (Lipinski definition) is 1. The van der Waals surface area contributed by atoms with Crippen LogP contribution >= 0.6 is 0 Å². The van der Waals surface area contributed by atoms with E-state index in [9.17, 15) is 0 Å². The summed E-state index contributed by atoms with van der Waals surface area (Å²) >= 11 is 0. The van der Waals surface area contributed by atoms with Crippen LogP contribution in [0.25, 0.3) is 0 Å². The second-order valence-corrected chi connectivity index (χ2v) is 5.48. The van der Waals surface area contributed by atoms with Crippen LogP contribution < -0.4 is 5.73 Å². The Kier molecular flexibility index (Phi) is 3.43. The smallest absolute Gasteiger partial charge is 0.115 e. The third-order valence-corrected chi connectivity index (χ3v) is 3.06. The van der Waals surface area contributed by atoms with Crippen molar-refractivity contribution in [3.63, 3.8) is 0 Å². The van der Waals surface area contributed by atoms with Crippen LogP contribution in [0.15, 0.2) is 42.9 Å². The SMILES string of the molecule is CC(C)(C)c1ccc(C(N)c2ccncn2)cc1. The predicted molar refractivity (Wildman–Crippen MR) is 73.2 cm³/mol. The van der Waals surface area contributed by atoms with Gasteiger partial charge in [-0.15, -0.1) is 0 Å². The van der Waals surface area contributed by atoms with Gasteiger partial charge in [-0.1, -0.05) is 45.0 Å². The lowest BCUT2D eigenvalue weighted by molar-refractivity contribution is 0.589. The quantitative estimate of drug-likeness (QED) is 0.879. The van der Waals surface area contributed by atoms with Crippen molar-refractivity contribution in [3.8, 4) is 0 Å². The van der Waals surface area contributed by atoms with Crippen molar-refractivity contribution < 1.29 is 0 Å². The van der Waals surface area contributed by atoms with Crippen molar-refractivity contribution in [2.45, 2.75) is 32.2 Å². The van der Waals surface area contributed by atoms with Gasteiger partial charge in [0.25, 0.3) is 0 Å². The van der Waals surface area contributed by atoms with Crippen LogP contribution in [-0.4, -0.2) is 9.97 Å². The molecule has 0 saturated heterocycles. The van der Waals surface area contributed by atoms with Crippen molar-refractivity contribution in [3.05, 3.63) is 59.7 Å². The molecule has 3 nitrogen and oxygen atoms in total. The molecule has 0 spiro atoms. The fourth-order valence-corrected chi connectivity index (χ4v) is 1.85. The minimum Gasteiger partial charge on any atom is -0.319 e. The molecule has 1 atom stereocenters. The van der Waals surface area contributed by atoms with Gasteiger partial charge >= 0.3 is 0 Å². The van der Waals surface area contributed by atoms with E-state index < -0.39 is 0 Å². The van der Waals surface area contributed by atoms with Crippen molar-refractivity contribution >= 4 is 0 Å². The standard InChI is InChI=1S/C15H19N3/c1-15(2,3)12-6-4-11(5-7-12)14(16)13-8-9-17-10-18-13/h4-10,14H,16H2,1-3H3. The summed E-state index contributed by atoms with van der Waals surface area (Å²) < 4.78 is 0. The van der Waals surface area contributed by atoms with E-state index in [0.29, 0.717) is 0 Å². The highest BCUT2D eigenvalue weighted by molar-refractivity contribution is 5.32. The second kappa shape index (κ2) is 4.86. The van der Waals surface area contributed by atoms with Gasteiger partial charge in [-0.05, 0) is 22.6 Å². The third-order valence-electron chi connectivity index (χ3n) is 3.06. The Bertz CT molecular complexity index is 498. The summed E-state index contributed by atoms with van der Waals surface area (Å²) in [4.78, 5) is 8.09. The van der Waals surface area contributed by atoms with Crippen LogP contribution in [0.5, 0.6) is 0 Å². The Morgan fingerprint density at radius 1 is 1.06 bits per heavy atom. The molecule has 1 aromatic heterocycles. The molecule has 0 aliphatic rings. The Balaban J connectivity index is 2.25. The van der Waals surface area contributed by atoms with Gasteiger partial charge in [-0.3, -0.25) is 0 Å². The predicted octanol–water partition coefficient (Wildman–Crippen LogP) is 2.82. The molecule has 94 valence electrons. The van der Waals surface area contributed by atoms with Gasteiger partial charge in [0.2, 0.25) is 0 Å². The molecule has 0 radical (unpaired) electrons. The molecule has 2 rings (SSSR count). The number of hydrogen-bond acceptors (Lipinski definition) is 3. The second-order valence-electron chi connectivity index (χ2n) is 5.48. The van der Waals surface area contributed by atoms with Gasteiger partial charge in [-0.25, -0.2) is 9.97 Å². The number of nitrogens with two attached hydrogens (primary N) is 1. The Morgan fingerprint density at radius 2 is 1.72 bits per heavy atom.